The number of rotatable bonds is 5. The summed E-state index contributed by atoms with van der Waals surface area (Å²) in [6.45, 7) is 0. The van der Waals surface area contributed by atoms with Gasteiger partial charge in [0.05, 0.1) is 13.5 Å². The maximum Gasteiger partial charge on any atom is 0.200 e. The Morgan fingerprint density at radius 3 is 2.52 bits per heavy atom. The molecule has 0 aliphatic rings. The van der Waals surface area contributed by atoms with Crippen LogP contribution in [-0.2, 0) is 6.42 Å². The summed E-state index contributed by atoms with van der Waals surface area (Å²) < 4.78 is 11.9. The first-order chi connectivity index (χ1) is 14.3. The molecule has 142 valence electrons. The largest absolute Gasteiger partial charge is 0.496 e. The van der Waals surface area contributed by atoms with Crippen LogP contribution in [0, 0.1) is 0 Å². The fourth-order valence-corrected chi connectivity index (χ4v) is 3.69. The Morgan fingerprint density at radius 1 is 0.897 bits per heavy atom. The fourth-order valence-electron chi connectivity index (χ4n) is 3.69. The van der Waals surface area contributed by atoms with Gasteiger partial charge in [-0.15, -0.1) is 0 Å². The summed E-state index contributed by atoms with van der Waals surface area (Å²) >= 11 is 0. The summed E-state index contributed by atoms with van der Waals surface area (Å²) in [6.07, 6.45) is 2.64. The van der Waals surface area contributed by atoms with Crippen molar-refractivity contribution in [3.8, 4) is 28.3 Å². The Bertz CT molecular complexity index is 1270. The average Bonchev–Trinajstić information content (AvgIpc) is 3.39. The zero-order valence-electron chi connectivity index (χ0n) is 16.1. The van der Waals surface area contributed by atoms with E-state index in [0.717, 1.165) is 39.4 Å². The van der Waals surface area contributed by atoms with E-state index in [9.17, 15) is 0 Å². The number of aromatic nitrogens is 2. The normalized spacial score (nSPS) is 11.1. The first-order valence-corrected chi connectivity index (χ1v) is 9.57. The van der Waals surface area contributed by atoms with Gasteiger partial charge < -0.3 is 14.1 Å². The molecule has 0 amide bonds. The second-order valence-corrected chi connectivity index (χ2v) is 6.89. The Hall–Kier alpha value is -3.79. The van der Waals surface area contributed by atoms with Crippen LogP contribution in [0.3, 0.4) is 0 Å². The van der Waals surface area contributed by atoms with E-state index in [1.54, 1.807) is 7.11 Å². The van der Waals surface area contributed by atoms with Crippen LogP contribution in [-0.4, -0.2) is 17.1 Å². The predicted octanol–water partition coefficient (Wildman–Crippen LogP) is 6.09. The number of ether oxygens (including phenoxy) is 1. The third-order valence-corrected chi connectivity index (χ3v) is 5.09. The Balaban J connectivity index is 1.63. The second kappa shape index (κ2) is 7.32. The van der Waals surface area contributed by atoms with Crippen molar-refractivity contribution in [3.63, 3.8) is 0 Å². The molecule has 3 aromatic carbocycles. The Labute approximate surface area is 168 Å². The third kappa shape index (κ3) is 3.19. The van der Waals surface area contributed by atoms with E-state index in [0.29, 0.717) is 12.3 Å². The SMILES string of the molecule is COc1ccccc1-c1nc(Cc2c[nH]c3ccccc23)oc1-c1ccccc1. The number of benzene rings is 3. The van der Waals surface area contributed by atoms with E-state index < -0.39 is 0 Å². The molecule has 1 N–H and O–H groups in total. The Morgan fingerprint density at radius 2 is 1.66 bits per heavy atom. The van der Waals surface area contributed by atoms with E-state index in [-0.39, 0.29) is 0 Å². The number of para-hydroxylation sites is 2. The maximum absolute atomic E-state index is 6.30. The monoisotopic (exact) mass is 380 g/mol. The highest BCUT2D eigenvalue weighted by molar-refractivity contribution is 5.84. The lowest BCUT2D eigenvalue weighted by Crippen LogP contribution is -1.90. The Kier molecular flexibility index (Phi) is 4.37. The van der Waals surface area contributed by atoms with E-state index in [1.165, 1.54) is 5.39 Å². The molecular formula is C25H20N2O2. The van der Waals surface area contributed by atoms with E-state index in [4.69, 9.17) is 14.1 Å². The number of hydrogen-bond acceptors (Lipinski definition) is 3. The first kappa shape index (κ1) is 17.3. The number of fused-ring (bicyclic) bond motifs is 1. The van der Waals surface area contributed by atoms with E-state index in [1.807, 2.05) is 72.9 Å². The van der Waals surface area contributed by atoms with Gasteiger partial charge in [-0.3, -0.25) is 0 Å². The molecular weight excluding hydrogens is 360 g/mol. The summed E-state index contributed by atoms with van der Waals surface area (Å²) in [4.78, 5) is 8.21. The predicted molar refractivity (Wildman–Crippen MR) is 115 cm³/mol. The molecule has 2 aromatic heterocycles. The fraction of sp³-hybridized carbons (Fsp3) is 0.0800. The van der Waals surface area contributed by atoms with Gasteiger partial charge in [-0.05, 0) is 23.8 Å². The standard InChI is InChI=1S/C25H20N2O2/c1-28-22-14-8-6-12-20(22)24-25(17-9-3-2-4-10-17)29-23(27-24)15-18-16-26-21-13-7-5-11-19(18)21/h2-14,16,26H,15H2,1H3. The van der Waals surface area contributed by atoms with E-state index >= 15 is 0 Å². The van der Waals surface area contributed by atoms with Crippen LogP contribution in [0.5, 0.6) is 5.75 Å². The van der Waals surface area contributed by atoms with Crippen LogP contribution in [0.15, 0.2) is 89.5 Å². The molecule has 29 heavy (non-hydrogen) atoms. The van der Waals surface area contributed by atoms with Crippen molar-refractivity contribution in [1.29, 1.82) is 0 Å². The van der Waals surface area contributed by atoms with Gasteiger partial charge in [-0.1, -0.05) is 60.7 Å². The maximum atomic E-state index is 6.30. The molecule has 4 heteroatoms. The highest BCUT2D eigenvalue weighted by Crippen LogP contribution is 2.38. The first-order valence-electron chi connectivity index (χ1n) is 9.57. The molecule has 0 radical (unpaired) electrons. The summed E-state index contributed by atoms with van der Waals surface area (Å²) in [7, 11) is 1.67. The molecule has 0 aliphatic carbocycles. The van der Waals surface area contributed by atoms with Gasteiger partial charge in [-0.2, -0.15) is 0 Å². The molecule has 0 saturated carbocycles. The van der Waals surface area contributed by atoms with E-state index in [2.05, 4.69) is 17.1 Å². The number of hydrogen-bond donors (Lipinski definition) is 1. The lowest BCUT2D eigenvalue weighted by Gasteiger charge is -2.07. The summed E-state index contributed by atoms with van der Waals surface area (Å²) in [6, 6.07) is 26.2. The van der Waals surface area contributed by atoms with Gasteiger partial charge in [0.25, 0.3) is 0 Å². The minimum absolute atomic E-state index is 0.610. The van der Waals surface area contributed by atoms with Crippen LogP contribution in [0.1, 0.15) is 11.5 Å². The van der Waals surface area contributed by atoms with Crippen molar-refractivity contribution in [3.05, 3.63) is 96.5 Å². The smallest absolute Gasteiger partial charge is 0.200 e. The second-order valence-electron chi connectivity index (χ2n) is 6.89. The lowest BCUT2D eigenvalue weighted by atomic mass is 10.1. The van der Waals surface area contributed by atoms with Gasteiger partial charge in [0.1, 0.15) is 11.4 Å². The molecule has 0 saturated heterocycles. The van der Waals surface area contributed by atoms with Crippen LogP contribution >= 0.6 is 0 Å². The topological polar surface area (TPSA) is 51.0 Å². The number of nitrogens with one attached hydrogen (secondary N) is 1. The van der Waals surface area contributed by atoms with Gasteiger partial charge >= 0.3 is 0 Å². The highest BCUT2D eigenvalue weighted by atomic mass is 16.5. The molecule has 0 bridgehead atoms. The van der Waals surface area contributed by atoms with Crippen molar-refractivity contribution in [2.75, 3.05) is 7.11 Å². The van der Waals surface area contributed by atoms with Crippen molar-refractivity contribution in [2.24, 2.45) is 0 Å². The number of nitrogens with zero attached hydrogens (tertiary/aromatic N) is 1. The number of H-pyrrole nitrogens is 1. The van der Waals surface area contributed by atoms with Crippen molar-refractivity contribution in [1.82, 2.24) is 9.97 Å². The summed E-state index contributed by atoms with van der Waals surface area (Å²) in [5.74, 6) is 2.20. The molecule has 0 fully saturated rings. The molecule has 2 heterocycles. The van der Waals surface area contributed by atoms with Crippen LogP contribution < -0.4 is 4.74 Å². The minimum Gasteiger partial charge on any atom is -0.496 e. The average molecular weight is 380 g/mol. The zero-order valence-corrected chi connectivity index (χ0v) is 16.1. The highest BCUT2D eigenvalue weighted by Gasteiger charge is 2.20. The summed E-state index contributed by atoms with van der Waals surface area (Å²) in [5.41, 5.74) is 4.98. The molecule has 0 atom stereocenters. The van der Waals surface area contributed by atoms with Crippen molar-refractivity contribution >= 4 is 10.9 Å². The van der Waals surface area contributed by atoms with Gasteiger partial charge in [0.15, 0.2) is 11.7 Å². The van der Waals surface area contributed by atoms with Crippen LogP contribution in [0.4, 0.5) is 0 Å². The minimum atomic E-state index is 0.610. The molecule has 5 aromatic rings. The third-order valence-electron chi connectivity index (χ3n) is 5.09. The molecule has 0 aliphatic heterocycles. The number of aromatic amines is 1. The lowest BCUT2D eigenvalue weighted by molar-refractivity contribution is 0.416. The molecule has 0 spiro atoms. The van der Waals surface area contributed by atoms with Crippen molar-refractivity contribution in [2.45, 2.75) is 6.42 Å². The van der Waals surface area contributed by atoms with Gasteiger partial charge in [-0.25, -0.2) is 4.98 Å². The quantitative estimate of drug-likeness (QED) is 0.401. The van der Waals surface area contributed by atoms with Crippen LogP contribution in [0.2, 0.25) is 0 Å². The zero-order chi connectivity index (χ0) is 19.6. The van der Waals surface area contributed by atoms with Gasteiger partial charge in [0, 0.05) is 28.2 Å². The number of methoxy groups -OCH3 is 1. The molecule has 4 nitrogen and oxygen atoms in total. The van der Waals surface area contributed by atoms with Crippen molar-refractivity contribution < 1.29 is 9.15 Å². The molecule has 5 rings (SSSR count). The number of oxazole rings is 1. The van der Waals surface area contributed by atoms with Gasteiger partial charge in [0.2, 0.25) is 0 Å². The summed E-state index contributed by atoms with van der Waals surface area (Å²) in [5, 5.41) is 1.19. The molecule has 0 unspecified atom stereocenters. The van der Waals surface area contributed by atoms with Crippen LogP contribution in [0.25, 0.3) is 33.5 Å².